The standard InChI is InChI=1S/C19H18N2O4/c1-25-16-10-5-4-9-15(16)20-17(22)11-6-12-21-18(23)13-7-2-3-8-14(13)19(21)24/h2-5,7-10H,6,11-12H2,1H3,(H,20,22). The van der Waals surface area contributed by atoms with Crippen LogP contribution in [0, 0.1) is 0 Å². The number of hydrogen-bond acceptors (Lipinski definition) is 4. The Morgan fingerprint density at radius 2 is 1.60 bits per heavy atom. The molecule has 0 aromatic heterocycles. The van der Waals surface area contributed by atoms with Crippen LogP contribution in [0.15, 0.2) is 48.5 Å². The number of carbonyl (C=O) groups is 3. The molecule has 0 saturated heterocycles. The lowest BCUT2D eigenvalue weighted by Crippen LogP contribution is -2.31. The highest BCUT2D eigenvalue weighted by atomic mass is 16.5. The number of imide groups is 1. The van der Waals surface area contributed by atoms with E-state index in [0.717, 1.165) is 0 Å². The van der Waals surface area contributed by atoms with Gasteiger partial charge in [-0.2, -0.15) is 0 Å². The fourth-order valence-corrected chi connectivity index (χ4v) is 2.80. The van der Waals surface area contributed by atoms with Gasteiger partial charge >= 0.3 is 0 Å². The van der Waals surface area contributed by atoms with Gasteiger partial charge in [0.15, 0.2) is 0 Å². The van der Waals surface area contributed by atoms with Crippen molar-refractivity contribution >= 4 is 23.4 Å². The van der Waals surface area contributed by atoms with E-state index in [0.29, 0.717) is 29.0 Å². The van der Waals surface area contributed by atoms with Crippen LogP contribution in [0.5, 0.6) is 5.75 Å². The van der Waals surface area contributed by atoms with E-state index in [-0.39, 0.29) is 30.7 Å². The number of hydrogen-bond donors (Lipinski definition) is 1. The second kappa shape index (κ2) is 7.17. The molecular formula is C19H18N2O4. The summed E-state index contributed by atoms with van der Waals surface area (Å²) in [5.41, 5.74) is 1.44. The highest BCUT2D eigenvalue weighted by molar-refractivity contribution is 6.21. The third-order valence-electron chi connectivity index (χ3n) is 4.04. The maximum absolute atomic E-state index is 12.2. The molecule has 3 rings (SSSR count). The minimum Gasteiger partial charge on any atom is -0.495 e. The average Bonchev–Trinajstić information content (AvgIpc) is 2.87. The van der Waals surface area contributed by atoms with Crippen molar-refractivity contribution in [3.8, 4) is 5.75 Å². The molecule has 0 radical (unpaired) electrons. The number of nitrogens with zero attached hydrogens (tertiary/aromatic N) is 1. The van der Waals surface area contributed by atoms with Crippen LogP contribution in [0.1, 0.15) is 33.6 Å². The minimum absolute atomic E-state index is 0.193. The molecule has 25 heavy (non-hydrogen) atoms. The van der Waals surface area contributed by atoms with Crippen LogP contribution in [0.3, 0.4) is 0 Å². The molecule has 0 spiro atoms. The van der Waals surface area contributed by atoms with Gasteiger partial charge in [0.1, 0.15) is 5.75 Å². The van der Waals surface area contributed by atoms with Gasteiger partial charge in [-0.3, -0.25) is 19.3 Å². The Balaban J connectivity index is 1.54. The van der Waals surface area contributed by atoms with Crippen molar-refractivity contribution in [2.45, 2.75) is 12.8 Å². The number of rotatable bonds is 6. The zero-order valence-corrected chi connectivity index (χ0v) is 13.8. The Labute approximate surface area is 145 Å². The molecule has 0 aliphatic carbocycles. The van der Waals surface area contributed by atoms with Gasteiger partial charge in [0.05, 0.1) is 23.9 Å². The van der Waals surface area contributed by atoms with Crippen molar-refractivity contribution in [2.24, 2.45) is 0 Å². The van der Waals surface area contributed by atoms with Crippen molar-refractivity contribution in [2.75, 3.05) is 19.0 Å². The quantitative estimate of drug-likeness (QED) is 0.822. The van der Waals surface area contributed by atoms with Gasteiger partial charge < -0.3 is 10.1 Å². The largest absolute Gasteiger partial charge is 0.495 e. The second-order valence-corrected chi connectivity index (χ2v) is 5.66. The maximum atomic E-state index is 12.2. The number of fused-ring (bicyclic) bond motifs is 1. The van der Waals surface area contributed by atoms with E-state index < -0.39 is 0 Å². The van der Waals surface area contributed by atoms with Gasteiger partial charge in [-0.25, -0.2) is 0 Å². The normalized spacial score (nSPS) is 12.9. The van der Waals surface area contributed by atoms with E-state index in [1.54, 1.807) is 42.5 Å². The van der Waals surface area contributed by atoms with Crippen LogP contribution in [0.25, 0.3) is 0 Å². The summed E-state index contributed by atoms with van der Waals surface area (Å²) in [6, 6.07) is 13.9. The summed E-state index contributed by atoms with van der Waals surface area (Å²) >= 11 is 0. The summed E-state index contributed by atoms with van der Waals surface area (Å²) < 4.78 is 5.18. The summed E-state index contributed by atoms with van der Waals surface area (Å²) in [6.45, 7) is 0.214. The zero-order chi connectivity index (χ0) is 17.8. The molecule has 0 unspecified atom stereocenters. The van der Waals surface area contributed by atoms with Gasteiger partial charge in [-0.05, 0) is 30.7 Å². The maximum Gasteiger partial charge on any atom is 0.261 e. The molecule has 2 aromatic carbocycles. The van der Waals surface area contributed by atoms with Gasteiger partial charge in [0.25, 0.3) is 11.8 Å². The van der Waals surface area contributed by atoms with E-state index in [2.05, 4.69) is 5.32 Å². The smallest absolute Gasteiger partial charge is 0.261 e. The monoisotopic (exact) mass is 338 g/mol. The molecule has 6 heteroatoms. The van der Waals surface area contributed by atoms with Gasteiger partial charge in [-0.1, -0.05) is 24.3 Å². The summed E-state index contributed by atoms with van der Waals surface area (Å²) in [5.74, 6) is -0.214. The van der Waals surface area contributed by atoms with E-state index >= 15 is 0 Å². The molecule has 3 amide bonds. The molecule has 0 saturated carbocycles. The van der Waals surface area contributed by atoms with Crippen molar-refractivity contribution < 1.29 is 19.1 Å². The van der Waals surface area contributed by atoms with Crippen molar-refractivity contribution in [1.82, 2.24) is 4.90 Å². The topological polar surface area (TPSA) is 75.7 Å². The third-order valence-corrected chi connectivity index (χ3v) is 4.04. The zero-order valence-electron chi connectivity index (χ0n) is 13.8. The first-order valence-electron chi connectivity index (χ1n) is 8.00. The summed E-state index contributed by atoms with van der Waals surface area (Å²) in [5, 5.41) is 2.77. The first-order chi connectivity index (χ1) is 12.1. The van der Waals surface area contributed by atoms with Crippen molar-refractivity contribution in [1.29, 1.82) is 0 Å². The molecule has 1 aliphatic heterocycles. The van der Waals surface area contributed by atoms with Gasteiger partial charge in [-0.15, -0.1) is 0 Å². The highest BCUT2D eigenvalue weighted by Gasteiger charge is 2.34. The molecule has 1 heterocycles. The lowest BCUT2D eigenvalue weighted by Gasteiger charge is -2.14. The second-order valence-electron chi connectivity index (χ2n) is 5.66. The van der Waals surface area contributed by atoms with E-state index in [4.69, 9.17) is 4.74 Å². The van der Waals surface area contributed by atoms with E-state index in [1.165, 1.54) is 12.0 Å². The van der Waals surface area contributed by atoms with Crippen LogP contribution in [-0.2, 0) is 4.79 Å². The highest BCUT2D eigenvalue weighted by Crippen LogP contribution is 2.24. The van der Waals surface area contributed by atoms with E-state index in [1.807, 2.05) is 6.07 Å². The van der Waals surface area contributed by atoms with Gasteiger partial charge in [0, 0.05) is 13.0 Å². The molecule has 2 aromatic rings. The molecule has 6 nitrogen and oxygen atoms in total. The van der Waals surface area contributed by atoms with Crippen LogP contribution in [-0.4, -0.2) is 36.3 Å². The van der Waals surface area contributed by atoms with Gasteiger partial charge in [0.2, 0.25) is 5.91 Å². The number of carbonyl (C=O) groups excluding carboxylic acids is 3. The minimum atomic E-state index is -0.300. The first-order valence-corrected chi connectivity index (χ1v) is 8.00. The fourth-order valence-electron chi connectivity index (χ4n) is 2.80. The lowest BCUT2D eigenvalue weighted by molar-refractivity contribution is -0.116. The Bertz CT molecular complexity index is 797. The number of ether oxygens (including phenoxy) is 1. The van der Waals surface area contributed by atoms with Crippen LogP contribution >= 0.6 is 0 Å². The predicted molar refractivity (Wildman–Crippen MR) is 92.7 cm³/mol. The molecular weight excluding hydrogens is 320 g/mol. The van der Waals surface area contributed by atoms with Crippen LogP contribution in [0.2, 0.25) is 0 Å². The first kappa shape index (κ1) is 16.7. The predicted octanol–water partition coefficient (Wildman–Crippen LogP) is 2.71. The molecule has 0 bridgehead atoms. The molecule has 0 atom stereocenters. The summed E-state index contributed by atoms with van der Waals surface area (Å²) in [4.78, 5) is 37.8. The molecule has 1 N–H and O–H groups in total. The lowest BCUT2D eigenvalue weighted by atomic mass is 10.1. The average molecular weight is 338 g/mol. The summed E-state index contributed by atoms with van der Waals surface area (Å²) in [6.07, 6.45) is 0.595. The molecule has 0 fully saturated rings. The Morgan fingerprint density at radius 1 is 1.00 bits per heavy atom. The Kier molecular flexibility index (Phi) is 4.79. The van der Waals surface area contributed by atoms with Crippen molar-refractivity contribution in [3.05, 3.63) is 59.7 Å². The number of para-hydroxylation sites is 2. The Hall–Kier alpha value is -3.15. The van der Waals surface area contributed by atoms with E-state index in [9.17, 15) is 14.4 Å². The van der Waals surface area contributed by atoms with Crippen molar-refractivity contribution in [3.63, 3.8) is 0 Å². The number of benzene rings is 2. The number of amides is 3. The number of anilines is 1. The number of nitrogens with one attached hydrogen (secondary N) is 1. The Morgan fingerprint density at radius 3 is 2.24 bits per heavy atom. The number of methoxy groups -OCH3 is 1. The summed E-state index contributed by atoms with van der Waals surface area (Å²) in [7, 11) is 1.53. The van der Waals surface area contributed by atoms with Crippen LogP contribution < -0.4 is 10.1 Å². The van der Waals surface area contributed by atoms with Crippen LogP contribution in [0.4, 0.5) is 5.69 Å². The molecule has 128 valence electrons. The SMILES string of the molecule is COc1ccccc1NC(=O)CCCN1C(=O)c2ccccc2C1=O. The molecule has 1 aliphatic rings. The third kappa shape index (κ3) is 3.38. The fraction of sp³-hybridized carbons (Fsp3) is 0.211.